The molecule has 1 aliphatic rings. The number of nitrogens with zero attached hydrogens (tertiary/aromatic N) is 1. The molecule has 2 amide bonds. The Bertz CT molecular complexity index is 959. The van der Waals surface area contributed by atoms with E-state index in [9.17, 15) is 9.59 Å². The number of amides is 2. The van der Waals surface area contributed by atoms with Crippen LogP contribution in [-0.2, 0) is 22.6 Å². The van der Waals surface area contributed by atoms with Crippen LogP contribution in [0.1, 0.15) is 56.7 Å². The van der Waals surface area contributed by atoms with Crippen LogP contribution in [0.5, 0.6) is 11.5 Å². The van der Waals surface area contributed by atoms with Crippen molar-refractivity contribution in [3.8, 4) is 11.5 Å². The number of fused-ring (bicyclic) bond motifs is 1. The van der Waals surface area contributed by atoms with Gasteiger partial charge in [-0.15, -0.1) is 0 Å². The Morgan fingerprint density at radius 3 is 2.45 bits per heavy atom. The molecule has 1 N–H and O–H groups in total. The van der Waals surface area contributed by atoms with Gasteiger partial charge in [-0.1, -0.05) is 44.2 Å². The first-order chi connectivity index (χ1) is 15.9. The van der Waals surface area contributed by atoms with Crippen molar-refractivity contribution in [1.82, 2.24) is 10.2 Å². The topological polar surface area (TPSA) is 67.9 Å². The maximum atomic E-state index is 13.5. The first-order valence-electron chi connectivity index (χ1n) is 12.0. The molecule has 0 bridgehead atoms. The Hall–Kier alpha value is -3.02. The molecule has 3 rings (SSSR count). The SMILES string of the molecule is CC[C@@H](C)NC(=O)[C@@H](CC)N(Cc1ccccc1C)C(=O)CCc1ccc2c(c1)OCCO2. The third kappa shape index (κ3) is 6.50. The van der Waals surface area contributed by atoms with Crippen molar-refractivity contribution in [3.63, 3.8) is 0 Å². The van der Waals surface area contributed by atoms with E-state index < -0.39 is 6.04 Å². The van der Waals surface area contributed by atoms with Gasteiger partial charge in [0.05, 0.1) is 0 Å². The summed E-state index contributed by atoms with van der Waals surface area (Å²) in [5.41, 5.74) is 3.18. The van der Waals surface area contributed by atoms with E-state index in [1.54, 1.807) is 4.90 Å². The molecule has 33 heavy (non-hydrogen) atoms. The lowest BCUT2D eigenvalue weighted by atomic mass is 10.0. The Balaban J connectivity index is 1.77. The van der Waals surface area contributed by atoms with Gasteiger partial charge in [-0.25, -0.2) is 0 Å². The van der Waals surface area contributed by atoms with Crippen LogP contribution in [0.4, 0.5) is 0 Å². The van der Waals surface area contributed by atoms with Crippen LogP contribution in [0, 0.1) is 6.92 Å². The average Bonchev–Trinajstić information content (AvgIpc) is 2.83. The Labute approximate surface area is 197 Å². The fourth-order valence-corrected chi connectivity index (χ4v) is 3.97. The molecule has 0 unspecified atom stereocenters. The van der Waals surface area contributed by atoms with Crippen LogP contribution in [0.25, 0.3) is 0 Å². The Morgan fingerprint density at radius 1 is 1.03 bits per heavy atom. The monoisotopic (exact) mass is 452 g/mol. The molecule has 0 radical (unpaired) electrons. The van der Waals surface area contributed by atoms with E-state index in [1.807, 2.05) is 70.2 Å². The van der Waals surface area contributed by atoms with E-state index in [4.69, 9.17) is 9.47 Å². The van der Waals surface area contributed by atoms with Crippen LogP contribution in [-0.4, -0.2) is 42.0 Å². The maximum absolute atomic E-state index is 13.5. The molecule has 178 valence electrons. The second-order valence-electron chi connectivity index (χ2n) is 8.67. The number of rotatable bonds is 10. The zero-order chi connectivity index (χ0) is 23.8. The minimum Gasteiger partial charge on any atom is -0.486 e. The zero-order valence-corrected chi connectivity index (χ0v) is 20.2. The highest BCUT2D eigenvalue weighted by atomic mass is 16.6. The summed E-state index contributed by atoms with van der Waals surface area (Å²) in [4.78, 5) is 28.3. The molecule has 0 spiro atoms. The van der Waals surface area contributed by atoms with Gasteiger partial charge in [-0.3, -0.25) is 9.59 Å². The van der Waals surface area contributed by atoms with Crippen molar-refractivity contribution in [1.29, 1.82) is 0 Å². The van der Waals surface area contributed by atoms with Crippen molar-refractivity contribution in [2.24, 2.45) is 0 Å². The molecular weight excluding hydrogens is 416 g/mol. The van der Waals surface area contributed by atoms with E-state index in [0.29, 0.717) is 39.0 Å². The molecule has 0 fully saturated rings. The van der Waals surface area contributed by atoms with Crippen molar-refractivity contribution in [2.45, 2.75) is 72.0 Å². The highest BCUT2D eigenvalue weighted by Gasteiger charge is 2.29. The number of carbonyl (C=O) groups is 2. The zero-order valence-electron chi connectivity index (χ0n) is 20.2. The minimum atomic E-state index is -0.508. The summed E-state index contributed by atoms with van der Waals surface area (Å²) >= 11 is 0. The van der Waals surface area contributed by atoms with Crippen molar-refractivity contribution >= 4 is 11.8 Å². The van der Waals surface area contributed by atoms with Gasteiger partial charge in [0.15, 0.2) is 11.5 Å². The summed E-state index contributed by atoms with van der Waals surface area (Å²) in [5, 5.41) is 3.06. The lowest BCUT2D eigenvalue weighted by molar-refractivity contribution is -0.141. The van der Waals surface area contributed by atoms with Crippen LogP contribution < -0.4 is 14.8 Å². The van der Waals surface area contributed by atoms with E-state index in [1.165, 1.54) is 0 Å². The number of hydrogen-bond donors (Lipinski definition) is 1. The van der Waals surface area contributed by atoms with E-state index in [-0.39, 0.29) is 17.9 Å². The first kappa shape index (κ1) is 24.6. The second kappa shape index (κ2) is 11.7. The van der Waals surface area contributed by atoms with Gasteiger partial charge in [0.2, 0.25) is 11.8 Å². The third-order valence-corrected chi connectivity index (χ3v) is 6.22. The molecule has 0 saturated carbocycles. The van der Waals surface area contributed by atoms with Gasteiger partial charge < -0.3 is 19.7 Å². The molecule has 2 aromatic rings. The van der Waals surface area contributed by atoms with Crippen molar-refractivity contribution < 1.29 is 19.1 Å². The molecular formula is C27H36N2O4. The number of ether oxygens (including phenoxy) is 2. The number of carbonyl (C=O) groups excluding carboxylic acids is 2. The van der Waals surface area contributed by atoms with Gasteiger partial charge >= 0.3 is 0 Å². The summed E-state index contributed by atoms with van der Waals surface area (Å²) in [6.07, 6.45) is 2.30. The molecule has 2 aromatic carbocycles. The lowest BCUT2D eigenvalue weighted by Crippen LogP contribution is -2.50. The summed E-state index contributed by atoms with van der Waals surface area (Å²) < 4.78 is 11.3. The van der Waals surface area contributed by atoms with Crippen LogP contribution in [0.15, 0.2) is 42.5 Å². The van der Waals surface area contributed by atoms with Gasteiger partial charge in [0, 0.05) is 19.0 Å². The largest absolute Gasteiger partial charge is 0.486 e. The quantitative estimate of drug-likeness (QED) is 0.579. The average molecular weight is 453 g/mol. The van der Waals surface area contributed by atoms with Gasteiger partial charge in [0.25, 0.3) is 0 Å². The van der Waals surface area contributed by atoms with E-state index in [2.05, 4.69) is 5.32 Å². The molecule has 2 atom stereocenters. The Morgan fingerprint density at radius 2 is 1.76 bits per heavy atom. The normalized spacial score (nSPS) is 14.3. The predicted octanol–water partition coefficient (Wildman–Crippen LogP) is 4.42. The smallest absolute Gasteiger partial charge is 0.243 e. The van der Waals surface area contributed by atoms with Crippen LogP contribution >= 0.6 is 0 Å². The summed E-state index contributed by atoms with van der Waals surface area (Å²) in [6, 6.07) is 13.4. The van der Waals surface area contributed by atoms with Crippen molar-refractivity contribution in [2.75, 3.05) is 13.2 Å². The lowest BCUT2D eigenvalue weighted by Gasteiger charge is -2.32. The maximum Gasteiger partial charge on any atom is 0.243 e. The van der Waals surface area contributed by atoms with Gasteiger partial charge in [0.1, 0.15) is 19.3 Å². The van der Waals surface area contributed by atoms with Gasteiger partial charge in [-0.05, 0) is 61.9 Å². The number of hydrogen-bond acceptors (Lipinski definition) is 4. The summed E-state index contributed by atoms with van der Waals surface area (Å²) in [5.74, 6) is 1.35. The van der Waals surface area contributed by atoms with Crippen molar-refractivity contribution in [3.05, 3.63) is 59.2 Å². The van der Waals surface area contributed by atoms with Crippen LogP contribution in [0.3, 0.4) is 0 Å². The standard InChI is InChI=1S/C27H36N2O4/c1-5-20(4)28-27(31)23(6-2)29(18-22-10-8-7-9-19(22)3)26(30)14-12-21-11-13-24-25(17-21)33-16-15-32-24/h7-11,13,17,20,23H,5-6,12,14-16,18H2,1-4H3,(H,28,31)/t20-,23-/m1/s1. The molecule has 0 saturated heterocycles. The number of aryl methyl sites for hydroxylation is 2. The molecule has 6 nitrogen and oxygen atoms in total. The molecule has 1 heterocycles. The Kier molecular flexibility index (Phi) is 8.75. The van der Waals surface area contributed by atoms with E-state index >= 15 is 0 Å². The minimum absolute atomic E-state index is 0.0284. The van der Waals surface area contributed by atoms with Crippen LogP contribution in [0.2, 0.25) is 0 Å². The highest BCUT2D eigenvalue weighted by molar-refractivity contribution is 5.88. The molecule has 0 aliphatic carbocycles. The second-order valence-corrected chi connectivity index (χ2v) is 8.67. The molecule has 1 aliphatic heterocycles. The number of benzene rings is 2. The third-order valence-electron chi connectivity index (χ3n) is 6.22. The molecule has 0 aromatic heterocycles. The summed E-state index contributed by atoms with van der Waals surface area (Å²) in [7, 11) is 0. The van der Waals surface area contributed by atoms with E-state index in [0.717, 1.165) is 34.6 Å². The first-order valence-corrected chi connectivity index (χ1v) is 12.0. The highest BCUT2D eigenvalue weighted by Crippen LogP contribution is 2.31. The van der Waals surface area contributed by atoms with Gasteiger partial charge in [-0.2, -0.15) is 0 Å². The number of nitrogens with one attached hydrogen (secondary N) is 1. The fourth-order valence-electron chi connectivity index (χ4n) is 3.97. The summed E-state index contributed by atoms with van der Waals surface area (Å²) in [6.45, 7) is 9.51. The fraction of sp³-hybridized carbons (Fsp3) is 0.481. The predicted molar refractivity (Wildman–Crippen MR) is 129 cm³/mol. The molecule has 6 heteroatoms.